The number of carbonyl (C=O) groups is 2. The first kappa shape index (κ1) is 19.7. The molecule has 1 saturated heterocycles. The van der Waals surface area contributed by atoms with E-state index in [1.807, 2.05) is 18.7 Å². The van der Waals surface area contributed by atoms with Crippen LogP contribution < -0.4 is 10.1 Å². The molecule has 2 amide bonds. The molecule has 1 aliphatic carbocycles. The molecule has 0 bridgehead atoms. The van der Waals surface area contributed by atoms with Gasteiger partial charge < -0.3 is 19.7 Å². The lowest BCUT2D eigenvalue weighted by molar-refractivity contribution is -0.141. The highest BCUT2D eigenvalue weighted by atomic mass is 16.5. The van der Waals surface area contributed by atoms with E-state index in [4.69, 9.17) is 9.47 Å². The molecule has 6 nitrogen and oxygen atoms in total. The summed E-state index contributed by atoms with van der Waals surface area (Å²) < 4.78 is 11.4. The molecule has 1 saturated carbocycles. The van der Waals surface area contributed by atoms with Gasteiger partial charge in [0.25, 0.3) is 11.8 Å². The molecule has 2 fully saturated rings. The third-order valence-electron chi connectivity index (χ3n) is 5.43. The van der Waals surface area contributed by atoms with E-state index < -0.39 is 5.60 Å². The molecule has 0 spiro atoms. The predicted molar refractivity (Wildman–Crippen MR) is 104 cm³/mol. The van der Waals surface area contributed by atoms with Crippen LogP contribution in [0.4, 0.5) is 5.69 Å². The van der Waals surface area contributed by atoms with Gasteiger partial charge in [0.1, 0.15) is 11.4 Å². The fourth-order valence-electron chi connectivity index (χ4n) is 3.57. The number of ether oxygens (including phenoxy) is 2. The van der Waals surface area contributed by atoms with Gasteiger partial charge in [0.2, 0.25) is 0 Å². The van der Waals surface area contributed by atoms with E-state index in [0.717, 1.165) is 38.8 Å². The van der Waals surface area contributed by atoms with E-state index in [1.54, 1.807) is 24.3 Å². The molecule has 3 rings (SSSR count). The molecule has 1 heterocycles. The van der Waals surface area contributed by atoms with Crippen molar-refractivity contribution < 1.29 is 19.1 Å². The van der Waals surface area contributed by atoms with Crippen molar-refractivity contribution in [3.63, 3.8) is 0 Å². The Morgan fingerprint density at radius 3 is 2.41 bits per heavy atom. The molecular weight excluding hydrogens is 344 g/mol. The smallest absolute Gasteiger partial charge is 0.260 e. The Kier molecular flexibility index (Phi) is 6.37. The Labute approximate surface area is 161 Å². The summed E-state index contributed by atoms with van der Waals surface area (Å²) in [6.45, 7) is 5.99. The van der Waals surface area contributed by atoms with Gasteiger partial charge in [-0.3, -0.25) is 9.59 Å². The number of anilines is 1. The molecule has 1 aromatic carbocycles. The van der Waals surface area contributed by atoms with Gasteiger partial charge in [0, 0.05) is 25.4 Å². The number of piperidine rings is 1. The van der Waals surface area contributed by atoms with E-state index in [2.05, 4.69) is 5.32 Å². The van der Waals surface area contributed by atoms with Gasteiger partial charge in [-0.15, -0.1) is 0 Å². The minimum absolute atomic E-state index is 0.0315. The zero-order valence-electron chi connectivity index (χ0n) is 16.3. The third kappa shape index (κ3) is 5.01. The second-order valence-corrected chi connectivity index (χ2v) is 7.52. The number of likely N-dealkylation sites (tertiary alicyclic amines) is 1. The molecule has 1 aromatic rings. The highest BCUT2D eigenvalue weighted by Gasteiger charge is 2.48. The summed E-state index contributed by atoms with van der Waals surface area (Å²) in [6, 6.07) is 7.12. The number of carbonyl (C=O) groups excluding carboxylic acids is 2. The van der Waals surface area contributed by atoms with Gasteiger partial charge >= 0.3 is 0 Å². The lowest BCUT2D eigenvalue weighted by Gasteiger charge is -2.28. The van der Waals surface area contributed by atoms with Crippen molar-refractivity contribution in [3.05, 3.63) is 24.3 Å². The molecule has 1 atom stereocenters. The van der Waals surface area contributed by atoms with E-state index in [1.165, 1.54) is 6.42 Å². The van der Waals surface area contributed by atoms with Gasteiger partial charge in [-0.2, -0.15) is 0 Å². The van der Waals surface area contributed by atoms with Crippen LogP contribution in [0.2, 0.25) is 0 Å². The standard InChI is InChI=1S/C21H30N2O4/c1-3-27-21(2,16-7-8-16)20(25)22-17-9-11-18(12-10-17)26-15-19(24)23-13-5-4-6-14-23/h9-12,16H,3-8,13-15H2,1-2H3,(H,22,25)/t21-/m1/s1. The van der Waals surface area contributed by atoms with Gasteiger partial charge in [-0.25, -0.2) is 0 Å². The summed E-state index contributed by atoms with van der Waals surface area (Å²) in [5, 5.41) is 2.94. The van der Waals surface area contributed by atoms with Crippen LogP contribution in [0.1, 0.15) is 46.0 Å². The monoisotopic (exact) mass is 374 g/mol. The summed E-state index contributed by atoms with van der Waals surface area (Å²) in [5.74, 6) is 0.832. The van der Waals surface area contributed by atoms with Crippen LogP contribution in [0, 0.1) is 5.92 Å². The van der Waals surface area contributed by atoms with Crippen molar-refractivity contribution in [2.45, 2.75) is 51.6 Å². The second-order valence-electron chi connectivity index (χ2n) is 7.52. The van der Waals surface area contributed by atoms with Crippen LogP contribution in [0.25, 0.3) is 0 Å². The molecule has 2 aliphatic rings. The highest BCUT2D eigenvalue weighted by Crippen LogP contribution is 2.42. The Morgan fingerprint density at radius 2 is 1.81 bits per heavy atom. The van der Waals surface area contributed by atoms with Crippen molar-refractivity contribution in [3.8, 4) is 5.75 Å². The number of hydrogen-bond acceptors (Lipinski definition) is 4. The second kappa shape index (κ2) is 8.74. The normalized spacial score (nSPS) is 19.3. The number of amides is 2. The molecule has 1 N–H and O–H groups in total. The zero-order chi connectivity index (χ0) is 19.3. The van der Waals surface area contributed by atoms with E-state index >= 15 is 0 Å². The van der Waals surface area contributed by atoms with Crippen LogP contribution in [0.3, 0.4) is 0 Å². The van der Waals surface area contributed by atoms with E-state index in [0.29, 0.717) is 24.0 Å². The fourth-order valence-corrected chi connectivity index (χ4v) is 3.57. The van der Waals surface area contributed by atoms with Gasteiger partial charge in [-0.1, -0.05) is 0 Å². The van der Waals surface area contributed by atoms with Crippen molar-refractivity contribution in [2.24, 2.45) is 5.92 Å². The van der Waals surface area contributed by atoms with Crippen LogP contribution in [-0.2, 0) is 14.3 Å². The maximum absolute atomic E-state index is 12.7. The zero-order valence-corrected chi connectivity index (χ0v) is 16.3. The van der Waals surface area contributed by atoms with Crippen molar-refractivity contribution in [1.82, 2.24) is 4.90 Å². The maximum Gasteiger partial charge on any atom is 0.260 e. The van der Waals surface area contributed by atoms with Crippen molar-refractivity contribution >= 4 is 17.5 Å². The highest BCUT2D eigenvalue weighted by molar-refractivity contribution is 5.97. The molecule has 1 aliphatic heterocycles. The fraction of sp³-hybridized carbons (Fsp3) is 0.619. The minimum atomic E-state index is -0.773. The molecule has 0 radical (unpaired) electrons. The lowest BCUT2D eigenvalue weighted by Crippen LogP contribution is -2.44. The minimum Gasteiger partial charge on any atom is -0.484 e. The molecule has 6 heteroatoms. The first-order valence-corrected chi connectivity index (χ1v) is 9.99. The number of benzene rings is 1. The first-order valence-electron chi connectivity index (χ1n) is 9.99. The van der Waals surface area contributed by atoms with Crippen molar-refractivity contribution in [1.29, 1.82) is 0 Å². The first-order chi connectivity index (χ1) is 13.0. The Balaban J connectivity index is 1.51. The van der Waals surface area contributed by atoms with Crippen LogP contribution >= 0.6 is 0 Å². The summed E-state index contributed by atoms with van der Waals surface area (Å²) in [7, 11) is 0. The van der Waals surface area contributed by atoms with Gasteiger partial charge in [-0.05, 0) is 76.1 Å². The SMILES string of the molecule is CCO[C@@](C)(C(=O)Nc1ccc(OCC(=O)N2CCCCC2)cc1)C1CC1. The van der Waals surface area contributed by atoms with Gasteiger partial charge in [0.05, 0.1) is 0 Å². The number of rotatable bonds is 8. The molecule has 148 valence electrons. The van der Waals surface area contributed by atoms with Crippen LogP contribution in [0.5, 0.6) is 5.75 Å². The van der Waals surface area contributed by atoms with Crippen molar-refractivity contribution in [2.75, 3.05) is 31.6 Å². The maximum atomic E-state index is 12.7. The molecule has 0 unspecified atom stereocenters. The third-order valence-corrected chi connectivity index (χ3v) is 5.43. The quantitative estimate of drug-likeness (QED) is 0.759. The van der Waals surface area contributed by atoms with Crippen LogP contribution in [0.15, 0.2) is 24.3 Å². The average molecular weight is 374 g/mol. The van der Waals surface area contributed by atoms with Gasteiger partial charge in [0.15, 0.2) is 6.61 Å². The Morgan fingerprint density at radius 1 is 1.15 bits per heavy atom. The molecule has 0 aromatic heterocycles. The lowest BCUT2D eigenvalue weighted by atomic mass is 9.99. The number of nitrogens with one attached hydrogen (secondary N) is 1. The number of nitrogens with zero attached hydrogens (tertiary/aromatic N) is 1. The average Bonchev–Trinajstić information content (AvgIpc) is 3.53. The summed E-state index contributed by atoms with van der Waals surface area (Å²) in [6.07, 6.45) is 5.40. The largest absolute Gasteiger partial charge is 0.484 e. The summed E-state index contributed by atoms with van der Waals surface area (Å²) in [4.78, 5) is 26.7. The summed E-state index contributed by atoms with van der Waals surface area (Å²) in [5.41, 5.74) is -0.0774. The predicted octanol–water partition coefficient (Wildman–Crippen LogP) is 3.22. The molecular formula is C21H30N2O4. The Bertz CT molecular complexity index is 651. The molecule has 27 heavy (non-hydrogen) atoms. The Hall–Kier alpha value is -2.08. The van der Waals surface area contributed by atoms with Crippen LogP contribution in [-0.4, -0.2) is 48.6 Å². The van der Waals surface area contributed by atoms with E-state index in [9.17, 15) is 9.59 Å². The topological polar surface area (TPSA) is 67.9 Å². The summed E-state index contributed by atoms with van der Waals surface area (Å²) >= 11 is 0. The van der Waals surface area contributed by atoms with E-state index in [-0.39, 0.29) is 18.4 Å². The number of hydrogen-bond donors (Lipinski definition) is 1.